The van der Waals surface area contributed by atoms with E-state index in [4.69, 9.17) is 19.2 Å². The van der Waals surface area contributed by atoms with Crippen LogP contribution in [0.4, 0.5) is 5.82 Å². The average molecular weight is 404 g/mol. The van der Waals surface area contributed by atoms with Gasteiger partial charge in [-0.3, -0.25) is 14.6 Å². The van der Waals surface area contributed by atoms with Crippen LogP contribution < -0.4 is 19.8 Å². The maximum absolute atomic E-state index is 13.0. The number of H-pyrrole nitrogens is 1. The average Bonchev–Trinajstić information content (AvgIpc) is 3.34. The standard InChI is InChI=1S/C20H25N3O4S/c1-11-21-19-17(20(24)22-23(19)12-7-5-6-8-12)18(28-11)13-9-15(26-3)16(27-4)10-14(13)25-2/h9-10,12,18H,5-8H2,1-4H3,(H,22,24)/t18-/m1/s1. The van der Waals surface area contributed by atoms with Gasteiger partial charge in [0.15, 0.2) is 17.3 Å². The van der Waals surface area contributed by atoms with Crippen LogP contribution >= 0.6 is 11.8 Å². The molecule has 28 heavy (non-hydrogen) atoms. The lowest BCUT2D eigenvalue weighted by molar-refractivity contribution is 0.347. The summed E-state index contributed by atoms with van der Waals surface area (Å²) in [5.74, 6) is 2.60. The molecule has 150 valence electrons. The number of aromatic nitrogens is 2. The molecule has 1 N–H and O–H groups in total. The van der Waals surface area contributed by atoms with Crippen LogP contribution in [0.1, 0.15) is 55.0 Å². The van der Waals surface area contributed by atoms with E-state index in [1.807, 2.05) is 17.7 Å². The van der Waals surface area contributed by atoms with Gasteiger partial charge in [0, 0.05) is 11.6 Å². The summed E-state index contributed by atoms with van der Waals surface area (Å²) in [5.41, 5.74) is 1.45. The summed E-state index contributed by atoms with van der Waals surface area (Å²) in [6.07, 6.45) is 4.51. The molecule has 1 aromatic carbocycles. The summed E-state index contributed by atoms with van der Waals surface area (Å²) >= 11 is 1.55. The number of fused-ring (bicyclic) bond motifs is 1. The van der Waals surface area contributed by atoms with Gasteiger partial charge in [-0.15, -0.1) is 0 Å². The zero-order valence-electron chi connectivity index (χ0n) is 16.6. The van der Waals surface area contributed by atoms with Crippen molar-refractivity contribution < 1.29 is 14.2 Å². The second-order valence-electron chi connectivity index (χ2n) is 7.06. The van der Waals surface area contributed by atoms with Gasteiger partial charge in [0.25, 0.3) is 5.56 Å². The van der Waals surface area contributed by atoms with E-state index in [1.165, 1.54) is 12.8 Å². The summed E-state index contributed by atoms with van der Waals surface area (Å²) in [4.78, 5) is 17.7. The third kappa shape index (κ3) is 3.09. The quantitative estimate of drug-likeness (QED) is 0.809. The molecular weight excluding hydrogens is 378 g/mol. The van der Waals surface area contributed by atoms with Crippen molar-refractivity contribution >= 4 is 22.6 Å². The van der Waals surface area contributed by atoms with Crippen molar-refractivity contribution in [2.24, 2.45) is 4.99 Å². The van der Waals surface area contributed by atoms with Crippen LogP contribution in [-0.2, 0) is 0 Å². The maximum atomic E-state index is 13.0. The highest BCUT2D eigenvalue weighted by molar-refractivity contribution is 8.14. The van der Waals surface area contributed by atoms with E-state index < -0.39 is 0 Å². The zero-order chi connectivity index (χ0) is 19.8. The molecule has 2 aromatic rings. The van der Waals surface area contributed by atoms with Crippen LogP contribution in [0.15, 0.2) is 21.9 Å². The van der Waals surface area contributed by atoms with Gasteiger partial charge in [-0.2, -0.15) is 0 Å². The SMILES string of the molecule is COc1cc(OC)c([C@H]2SC(C)=Nc3c2c(=O)[nH]n3C2CCCC2)cc1OC. The first kappa shape index (κ1) is 19.0. The first-order valence-electron chi connectivity index (χ1n) is 9.43. The minimum atomic E-state index is -0.228. The number of nitrogens with zero attached hydrogens (tertiary/aromatic N) is 2. The second kappa shape index (κ2) is 7.58. The highest BCUT2D eigenvalue weighted by atomic mass is 32.2. The Hall–Kier alpha value is -2.35. The van der Waals surface area contributed by atoms with Crippen molar-refractivity contribution in [1.29, 1.82) is 0 Å². The van der Waals surface area contributed by atoms with Gasteiger partial charge >= 0.3 is 0 Å². The van der Waals surface area contributed by atoms with Crippen LogP contribution in [0, 0.1) is 0 Å². The van der Waals surface area contributed by atoms with E-state index in [1.54, 1.807) is 39.2 Å². The van der Waals surface area contributed by atoms with Crippen molar-refractivity contribution in [1.82, 2.24) is 9.78 Å². The highest BCUT2D eigenvalue weighted by Crippen LogP contribution is 2.49. The number of aromatic amines is 1. The number of nitrogens with one attached hydrogen (secondary N) is 1. The molecule has 0 bridgehead atoms. The Bertz CT molecular complexity index is 973. The molecule has 1 fully saturated rings. The van der Waals surface area contributed by atoms with Crippen molar-refractivity contribution in [3.63, 3.8) is 0 Å². The molecule has 1 aromatic heterocycles. The van der Waals surface area contributed by atoms with Gasteiger partial charge < -0.3 is 14.2 Å². The van der Waals surface area contributed by atoms with Gasteiger partial charge in [-0.1, -0.05) is 24.6 Å². The lowest BCUT2D eigenvalue weighted by Crippen LogP contribution is -2.14. The molecule has 8 heteroatoms. The lowest BCUT2D eigenvalue weighted by Gasteiger charge is -2.24. The number of hydrogen-bond acceptors (Lipinski definition) is 6. The molecule has 0 spiro atoms. The Kier molecular flexibility index (Phi) is 5.14. The molecule has 2 aliphatic rings. The Labute approximate surface area is 168 Å². The number of rotatable bonds is 5. The van der Waals surface area contributed by atoms with Crippen LogP contribution in [0.25, 0.3) is 0 Å². The van der Waals surface area contributed by atoms with E-state index in [9.17, 15) is 4.79 Å². The third-order valence-electron chi connectivity index (χ3n) is 5.46. The monoisotopic (exact) mass is 403 g/mol. The van der Waals surface area contributed by atoms with Crippen LogP contribution in [0.5, 0.6) is 17.2 Å². The number of benzene rings is 1. The van der Waals surface area contributed by atoms with Crippen molar-refractivity contribution in [2.75, 3.05) is 21.3 Å². The molecular formula is C20H25N3O4S. The van der Waals surface area contributed by atoms with E-state index in [0.29, 0.717) is 28.9 Å². The number of ether oxygens (including phenoxy) is 3. The number of thioether (sulfide) groups is 1. The van der Waals surface area contributed by atoms with Gasteiger partial charge in [0.1, 0.15) is 5.75 Å². The van der Waals surface area contributed by atoms with Crippen molar-refractivity contribution in [2.45, 2.75) is 43.9 Å². The molecule has 0 amide bonds. The minimum Gasteiger partial charge on any atom is -0.496 e. The fraction of sp³-hybridized carbons (Fsp3) is 0.500. The Morgan fingerprint density at radius 2 is 1.71 bits per heavy atom. The predicted molar refractivity (Wildman–Crippen MR) is 111 cm³/mol. The van der Waals surface area contributed by atoms with Crippen LogP contribution in [0.3, 0.4) is 0 Å². The van der Waals surface area contributed by atoms with E-state index in [0.717, 1.165) is 29.3 Å². The fourth-order valence-electron chi connectivity index (χ4n) is 4.11. The third-order valence-corrected chi connectivity index (χ3v) is 6.62. The molecule has 1 saturated carbocycles. The number of hydrogen-bond donors (Lipinski definition) is 1. The van der Waals surface area contributed by atoms with Crippen LogP contribution in [-0.4, -0.2) is 36.2 Å². The Morgan fingerprint density at radius 3 is 2.36 bits per heavy atom. The molecule has 1 aliphatic carbocycles. The number of aliphatic imine (C=N–C) groups is 1. The molecule has 1 aliphatic heterocycles. The summed E-state index contributed by atoms with van der Waals surface area (Å²) in [6, 6.07) is 4.01. The van der Waals surface area contributed by atoms with Gasteiger partial charge in [0.2, 0.25) is 0 Å². The number of methoxy groups -OCH3 is 3. The topological polar surface area (TPSA) is 77.8 Å². The Morgan fingerprint density at radius 1 is 1.07 bits per heavy atom. The van der Waals surface area contributed by atoms with E-state index >= 15 is 0 Å². The zero-order valence-corrected chi connectivity index (χ0v) is 17.4. The maximum Gasteiger partial charge on any atom is 0.271 e. The molecule has 7 nitrogen and oxygen atoms in total. The normalized spacial score (nSPS) is 19.3. The van der Waals surface area contributed by atoms with Crippen molar-refractivity contribution in [3.8, 4) is 17.2 Å². The van der Waals surface area contributed by atoms with Crippen molar-refractivity contribution in [3.05, 3.63) is 33.6 Å². The van der Waals surface area contributed by atoms with E-state index in [-0.39, 0.29) is 10.8 Å². The first-order chi connectivity index (χ1) is 13.6. The molecule has 0 unspecified atom stereocenters. The first-order valence-corrected chi connectivity index (χ1v) is 10.3. The van der Waals surface area contributed by atoms with Gasteiger partial charge in [-0.25, -0.2) is 4.99 Å². The summed E-state index contributed by atoms with van der Waals surface area (Å²) in [6.45, 7) is 1.98. The summed E-state index contributed by atoms with van der Waals surface area (Å²) < 4.78 is 18.5. The smallest absolute Gasteiger partial charge is 0.271 e. The molecule has 4 rings (SSSR count). The predicted octanol–water partition coefficient (Wildman–Crippen LogP) is 4.20. The van der Waals surface area contributed by atoms with E-state index in [2.05, 4.69) is 5.10 Å². The van der Waals surface area contributed by atoms with Gasteiger partial charge in [0.05, 0.1) is 43.2 Å². The summed E-state index contributed by atoms with van der Waals surface area (Å²) in [7, 11) is 4.81. The van der Waals surface area contributed by atoms with Crippen LogP contribution in [0.2, 0.25) is 0 Å². The largest absolute Gasteiger partial charge is 0.496 e. The Balaban J connectivity index is 1.88. The van der Waals surface area contributed by atoms with Gasteiger partial charge in [-0.05, 0) is 25.8 Å². The second-order valence-corrected chi connectivity index (χ2v) is 8.36. The highest BCUT2D eigenvalue weighted by Gasteiger charge is 2.34. The molecule has 0 saturated heterocycles. The molecule has 2 heterocycles. The molecule has 0 radical (unpaired) electrons. The summed E-state index contributed by atoms with van der Waals surface area (Å²) in [5, 5.41) is 3.74. The lowest BCUT2D eigenvalue weighted by atomic mass is 10.0. The minimum absolute atomic E-state index is 0.0903. The molecule has 1 atom stereocenters. The fourth-order valence-corrected chi connectivity index (χ4v) is 5.23.